The van der Waals surface area contributed by atoms with Crippen molar-refractivity contribution in [2.24, 2.45) is 0 Å². The summed E-state index contributed by atoms with van der Waals surface area (Å²) in [6, 6.07) is 18.7. The van der Waals surface area contributed by atoms with Gasteiger partial charge in [0.25, 0.3) is 0 Å². The lowest BCUT2D eigenvalue weighted by Crippen LogP contribution is -2.27. The van der Waals surface area contributed by atoms with Crippen molar-refractivity contribution >= 4 is 94.5 Å². The minimum atomic E-state index is -0.586. The number of fused-ring (bicyclic) bond motifs is 3. The second-order valence-corrected chi connectivity index (χ2v) is 13.7. The summed E-state index contributed by atoms with van der Waals surface area (Å²) in [6.45, 7) is 4.42. The molecule has 3 N–H and O–H groups in total. The number of para-hydroxylation sites is 2. The van der Waals surface area contributed by atoms with E-state index in [1.165, 1.54) is 22.7 Å². The Bertz CT molecular complexity index is 2090. The second-order valence-electron chi connectivity index (χ2n) is 10.8. The first-order valence-electron chi connectivity index (χ1n) is 13.2. The van der Waals surface area contributed by atoms with Crippen molar-refractivity contribution in [3.8, 4) is 16.3 Å². The van der Waals surface area contributed by atoms with Gasteiger partial charge in [0.2, 0.25) is 0 Å². The van der Waals surface area contributed by atoms with Crippen LogP contribution in [0.2, 0.25) is 10.0 Å². The molecule has 0 spiro atoms. The van der Waals surface area contributed by atoms with Crippen molar-refractivity contribution in [2.75, 3.05) is 22.1 Å². The summed E-state index contributed by atoms with van der Waals surface area (Å²) in [5.74, 6) is -0.752. The average molecular weight is 651 g/mol. The summed E-state index contributed by atoms with van der Waals surface area (Å²) in [4.78, 5) is 24.2. The Morgan fingerprint density at radius 1 is 0.953 bits per heavy atom. The van der Waals surface area contributed by atoms with Gasteiger partial charge in [0, 0.05) is 33.6 Å². The average Bonchev–Trinajstić information content (AvgIpc) is 3.61. The van der Waals surface area contributed by atoms with Gasteiger partial charge in [-0.2, -0.15) is 0 Å². The lowest BCUT2D eigenvalue weighted by Gasteiger charge is -2.25. The number of rotatable bonds is 4. The molecule has 2 aromatic heterocycles. The zero-order chi connectivity index (χ0) is 30.0. The third-order valence-electron chi connectivity index (χ3n) is 7.31. The lowest BCUT2D eigenvalue weighted by molar-refractivity contribution is 0.262. The number of anilines is 4. The molecule has 4 aromatic carbocycles. The maximum absolute atomic E-state index is 15.7. The first-order valence-corrected chi connectivity index (χ1v) is 15.6. The first-order chi connectivity index (χ1) is 20.6. The number of nitrogens with one attached hydrogen (secondary N) is 2. The van der Waals surface area contributed by atoms with Gasteiger partial charge in [0.05, 0.1) is 43.1 Å². The SMILES string of the molecule is CC1(C)CN(c2ccccc2NC(=O)Nc2nc3ccc(Cl)cc3s2)c2c(O)cc(F)c(-c3nc4cc(Cl)ccc4s3)c21. The van der Waals surface area contributed by atoms with E-state index in [1.807, 2.05) is 43.0 Å². The number of halogens is 3. The highest BCUT2D eigenvalue weighted by atomic mass is 35.5. The van der Waals surface area contributed by atoms with Crippen molar-refractivity contribution in [1.29, 1.82) is 0 Å². The topological polar surface area (TPSA) is 90.4 Å². The zero-order valence-corrected chi connectivity index (χ0v) is 25.9. The van der Waals surface area contributed by atoms with Gasteiger partial charge in [-0.05, 0) is 48.5 Å². The molecule has 0 atom stereocenters. The van der Waals surface area contributed by atoms with Crippen LogP contribution >= 0.6 is 45.9 Å². The van der Waals surface area contributed by atoms with Crippen LogP contribution in [0.15, 0.2) is 66.7 Å². The maximum Gasteiger partial charge on any atom is 0.325 e. The van der Waals surface area contributed by atoms with Crippen molar-refractivity contribution < 1.29 is 14.3 Å². The second kappa shape index (κ2) is 10.3. The van der Waals surface area contributed by atoms with Gasteiger partial charge >= 0.3 is 6.03 Å². The molecule has 7 rings (SSSR count). The molecule has 0 fully saturated rings. The quantitative estimate of drug-likeness (QED) is 0.177. The highest BCUT2D eigenvalue weighted by Crippen LogP contribution is 2.55. The number of carbonyl (C=O) groups is 1. The van der Waals surface area contributed by atoms with E-state index >= 15 is 4.39 Å². The van der Waals surface area contributed by atoms with Crippen LogP contribution in [0.3, 0.4) is 0 Å². The van der Waals surface area contributed by atoms with Crippen LogP contribution in [0, 0.1) is 5.82 Å². The molecule has 3 heterocycles. The van der Waals surface area contributed by atoms with Crippen molar-refractivity contribution in [3.63, 3.8) is 0 Å². The Labute approximate surface area is 263 Å². The number of amides is 2. The zero-order valence-electron chi connectivity index (χ0n) is 22.7. The van der Waals surface area contributed by atoms with E-state index in [-0.39, 0.29) is 5.75 Å². The fourth-order valence-electron chi connectivity index (χ4n) is 5.55. The molecule has 0 bridgehead atoms. The summed E-state index contributed by atoms with van der Waals surface area (Å²) in [7, 11) is 0. The van der Waals surface area contributed by atoms with E-state index in [0.29, 0.717) is 60.4 Å². The number of aromatic hydroxyl groups is 1. The summed E-state index contributed by atoms with van der Waals surface area (Å²) in [5, 5.41) is 18.9. The highest BCUT2D eigenvalue weighted by Gasteiger charge is 2.42. The fourth-order valence-corrected chi connectivity index (χ4v) is 7.85. The van der Waals surface area contributed by atoms with E-state index in [1.54, 1.807) is 36.4 Å². The van der Waals surface area contributed by atoms with Crippen LogP contribution in [0.5, 0.6) is 5.75 Å². The molecule has 12 heteroatoms. The van der Waals surface area contributed by atoms with Gasteiger partial charge < -0.3 is 15.3 Å². The van der Waals surface area contributed by atoms with E-state index in [2.05, 4.69) is 15.6 Å². The molecule has 1 aliphatic heterocycles. The van der Waals surface area contributed by atoms with Crippen molar-refractivity contribution in [3.05, 3.63) is 88.2 Å². The molecule has 0 radical (unpaired) electrons. The minimum Gasteiger partial charge on any atom is -0.506 e. The number of thiazole rings is 2. The van der Waals surface area contributed by atoms with Crippen LogP contribution in [-0.2, 0) is 5.41 Å². The molecule has 216 valence electrons. The number of aromatic nitrogens is 2. The predicted octanol–water partition coefficient (Wildman–Crippen LogP) is 9.80. The van der Waals surface area contributed by atoms with Crippen LogP contribution in [0.25, 0.3) is 31.0 Å². The maximum atomic E-state index is 15.7. The molecule has 2 amide bonds. The minimum absolute atomic E-state index is 0.196. The van der Waals surface area contributed by atoms with Crippen LogP contribution in [0.1, 0.15) is 19.4 Å². The standard InChI is InChI=1S/C31H22Cl2FN5O2S2/c1-31(2)14-39(27-22(40)13-17(34)25(26(27)31)28-35-20-11-15(32)8-10-23(20)42-28)21-6-4-3-5-18(21)36-29(41)38-30-37-19-9-7-16(33)12-24(19)43-30/h3-13,40H,14H2,1-2H3,(H2,36,37,38,41). The Balaban J connectivity index is 1.26. The fraction of sp³-hybridized carbons (Fsp3) is 0.129. The predicted molar refractivity (Wildman–Crippen MR) is 175 cm³/mol. The highest BCUT2D eigenvalue weighted by molar-refractivity contribution is 7.22. The molecule has 43 heavy (non-hydrogen) atoms. The Morgan fingerprint density at radius 3 is 2.56 bits per heavy atom. The number of urea groups is 1. The molecule has 6 aromatic rings. The van der Waals surface area contributed by atoms with E-state index < -0.39 is 17.3 Å². The normalized spacial score (nSPS) is 13.9. The Kier molecular flexibility index (Phi) is 6.70. The number of hydrogen-bond acceptors (Lipinski definition) is 7. The van der Waals surface area contributed by atoms with Gasteiger partial charge in [-0.1, -0.05) is 60.5 Å². The third-order valence-corrected chi connectivity index (χ3v) is 9.77. The molecule has 1 aliphatic rings. The summed E-state index contributed by atoms with van der Waals surface area (Å²) >= 11 is 15.0. The van der Waals surface area contributed by atoms with Crippen LogP contribution < -0.4 is 15.5 Å². The molecular weight excluding hydrogens is 628 g/mol. The van der Waals surface area contributed by atoms with Gasteiger partial charge in [-0.25, -0.2) is 19.2 Å². The first kappa shape index (κ1) is 27.8. The van der Waals surface area contributed by atoms with Crippen molar-refractivity contribution in [2.45, 2.75) is 19.3 Å². The number of benzene rings is 4. The largest absolute Gasteiger partial charge is 0.506 e. The number of phenols is 1. The number of hydrogen-bond donors (Lipinski definition) is 3. The third kappa shape index (κ3) is 4.94. The summed E-state index contributed by atoms with van der Waals surface area (Å²) in [6.07, 6.45) is 0. The molecule has 7 nitrogen and oxygen atoms in total. The van der Waals surface area contributed by atoms with E-state index in [0.717, 1.165) is 21.0 Å². The molecule has 0 saturated carbocycles. The Morgan fingerprint density at radius 2 is 1.72 bits per heavy atom. The van der Waals surface area contributed by atoms with Crippen molar-refractivity contribution in [1.82, 2.24) is 9.97 Å². The molecule has 0 unspecified atom stereocenters. The molecular formula is C31H22Cl2FN5O2S2. The van der Waals surface area contributed by atoms with Gasteiger partial charge in [-0.3, -0.25) is 5.32 Å². The Hall–Kier alpha value is -3.96. The van der Waals surface area contributed by atoms with E-state index in [9.17, 15) is 9.90 Å². The summed E-state index contributed by atoms with van der Waals surface area (Å²) < 4.78 is 17.4. The molecule has 0 saturated heterocycles. The van der Waals surface area contributed by atoms with Crippen LogP contribution in [0.4, 0.5) is 31.4 Å². The van der Waals surface area contributed by atoms with E-state index in [4.69, 9.17) is 28.2 Å². The van der Waals surface area contributed by atoms with Gasteiger partial charge in [0.15, 0.2) is 5.13 Å². The lowest BCUT2D eigenvalue weighted by atomic mass is 9.83. The van der Waals surface area contributed by atoms with Gasteiger partial charge in [-0.15, -0.1) is 11.3 Å². The monoisotopic (exact) mass is 649 g/mol. The number of nitrogens with zero attached hydrogens (tertiary/aromatic N) is 3. The van der Waals surface area contributed by atoms with Gasteiger partial charge in [0.1, 0.15) is 16.6 Å². The number of phenolic OH excluding ortho intramolecular Hbond substituents is 1. The molecule has 0 aliphatic carbocycles. The smallest absolute Gasteiger partial charge is 0.325 e. The van der Waals surface area contributed by atoms with Crippen LogP contribution in [-0.4, -0.2) is 27.7 Å². The number of carbonyl (C=O) groups excluding carboxylic acids is 1. The summed E-state index contributed by atoms with van der Waals surface area (Å²) in [5.41, 5.74) is 3.43.